The van der Waals surface area contributed by atoms with E-state index >= 15 is 0 Å². The van der Waals surface area contributed by atoms with Crippen molar-refractivity contribution in [2.24, 2.45) is 11.1 Å². The van der Waals surface area contributed by atoms with Gasteiger partial charge in [0.25, 0.3) is 0 Å². The summed E-state index contributed by atoms with van der Waals surface area (Å²) in [4.78, 5) is 0.871. The fourth-order valence-corrected chi connectivity index (χ4v) is 3.09. The predicted octanol–water partition coefficient (Wildman–Crippen LogP) is 1.80. The van der Waals surface area contributed by atoms with Gasteiger partial charge in [0.15, 0.2) is 0 Å². The van der Waals surface area contributed by atoms with Crippen molar-refractivity contribution in [3.8, 4) is 0 Å². The molecule has 1 aromatic rings. The van der Waals surface area contributed by atoms with E-state index in [0.717, 1.165) is 11.3 Å². The van der Waals surface area contributed by atoms with Gasteiger partial charge in [-0.2, -0.15) is 0 Å². The summed E-state index contributed by atoms with van der Waals surface area (Å²) in [5.74, 6) is 0. The zero-order valence-electron chi connectivity index (χ0n) is 8.28. The molecule has 1 aliphatic rings. The van der Waals surface area contributed by atoms with Crippen LogP contribution >= 0.6 is 22.9 Å². The molecule has 2 unspecified atom stereocenters. The fourth-order valence-electron chi connectivity index (χ4n) is 1.88. The minimum atomic E-state index is -0.567. The van der Waals surface area contributed by atoms with Crippen molar-refractivity contribution < 1.29 is 9.84 Å². The van der Waals surface area contributed by atoms with Crippen LogP contribution in [-0.2, 0) is 4.74 Å². The Hall–Kier alpha value is -0.130. The molecule has 0 bridgehead atoms. The molecule has 2 heterocycles. The molecule has 15 heavy (non-hydrogen) atoms. The normalized spacial score (nSPS) is 28.2. The van der Waals surface area contributed by atoms with E-state index in [4.69, 9.17) is 22.1 Å². The van der Waals surface area contributed by atoms with Gasteiger partial charge in [0.05, 0.1) is 17.7 Å². The van der Waals surface area contributed by atoms with Gasteiger partial charge in [0.2, 0.25) is 0 Å². The average molecular weight is 248 g/mol. The van der Waals surface area contributed by atoms with Gasteiger partial charge in [0.1, 0.15) is 0 Å². The van der Waals surface area contributed by atoms with Crippen molar-refractivity contribution in [3.05, 3.63) is 21.3 Å². The van der Waals surface area contributed by atoms with E-state index in [1.165, 1.54) is 11.3 Å². The van der Waals surface area contributed by atoms with E-state index in [9.17, 15) is 5.11 Å². The highest BCUT2D eigenvalue weighted by Crippen LogP contribution is 2.42. The van der Waals surface area contributed by atoms with Gasteiger partial charge >= 0.3 is 0 Å². The summed E-state index contributed by atoms with van der Waals surface area (Å²) in [6.07, 6.45) is 0.239. The second kappa shape index (κ2) is 4.39. The number of hydrogen-bond acceptors (Lipinski definition) is 4. The summed E-state index contributed by atoms with van der Waals surface area (Å²) < 4.78 is 5.33. The second-order valence-corrected chi connectivity index (χ2v) is 5.32. The van der Waals surface area contributed by atoms with Crippen molar-refractivity contribution >= 4 is 22.9 Å². The van der Waals surface area contributed by atoms with Gasteiger partial charge in [-0.05, 0) is 12.5 Å². The van der Waals surface area contributed by atoms with E-state index in [1.54, 1.807) is 6.07 Å². The second-order valence-electron chi connectivity index (χ2n) is 3.94. The van der Waals surface area contributed by atoms with Crippen molar-refractivity contribution in [2.45, 2.75) is 12.5 Å². The first-order valence-corrected chi connectivity index (χ1v) is 6.13. The molecule has 1 aliphatic heterocycles. The first kappa shape index (κ1) is 11.4. The maximum Gasteiger partial charge on any atom is 0.0973 e. The topological polar surface area (TPSA) is 55.5 Å². The molecule has 1 fully saturated rings. The van der Waals surface area contributed by atoms with Crippen LogP contribution in [0.15, 0.2) is 11.4 Å². The van der Waals surface area contributed by atoms with Gasteiger partial charge in [-0.25, -0.2) is 0 Å². The van der Waals surface area contributed by atoms with E-state index in [2.05, 4.69) is 0 Å². The Labute approximate surface area is 97.8 Å². The van der Waals surface area contributed by atoms with Crippen LogP contribution in [0.1, 0.15) is 17.4 Å². The molecule has 84 valence electrons. The highest BCUT2D eigenvalue weighted by Gasteiger charge is 2.41. The molecule has 2 rings (SSSR count). The van der Waals surface area contributed by atoms with E-state index in [0.29, 0.717) is 24.8 Å². The molecule has 2 atom stereocenters. The fraction of sp³-hybridized carbons (Fsp3) is 0.600. The van der Waals surface area contributed by atoms with Crippen LogP contribution in [0.5, 0.6) is 0 Å². The summed E-state index contributed by atoms with van der Waals surface area (Å²) in [5.41, 5.74) is 5.42. The lowest BCUT2D eigenvalue weighted by molar-refractivity contribution is 0.0215. The molecular weight excluding hydrogens is 234 g/mol. The largest absolute Gasteiger partial charge is 0.387 e. The highest BCUT2D eigenvalue weighted by atomic mass is 35.5. The summed E-state index contributed by atoms with van der Waals surface area (Å²) in [6, 6.07) is 1.80. The first-order valence-electron chi connectivity index (χ1n) is 4.88. The first-order chi connectivity index (χ1) is 7.18. The Morgan fingerprint density at radius 1 is 1.73 bits per heavy atom. The zero-order chi connectivity index (χ0) is 10.9. The number of ether oxygens (including phenoxy) is 1. The third kappa shape index (κ3) is 2.05. The van der Waals surface area contributed by atoms with Gasteiger partial charge in [-0.1, -0.05) is 11.6 Å². The number of aliphatic hydroxyl groups is 1. The van der Waals surface area contributed by atoms with Gasteiger partial charge < -0.3 is 15.6 Å². The third-order valence-electron chi connectivity index (χ3n) is 2.98. The van der Waals surface area contributed by atoms with E-state index in [-0.39, 0.29) is 5.41 Å². The lowest BCUT2D eigenvalue weighted by atomic mass is 9.81. The molecule has 0 aliphatic carbocycles. The van der Waals surface area contributed by atoms with E-state index < -0.39 is 6.10 Å². The van der Waals surface area contributed by atoms with Crippen molar-refractivity contribution in [1.29, 1.82) is 0 Å². The molecule has 1 aromatic heterocycles. The molecule has 3 nitrogen and oxygen atoms in total. The van der Waals surface area contributed by atoms with Crippen LogP contribution in [-0.4, -0.2) is 24.9 Å². The SMILES string of the molecule is NCC1(C(O)c2cc(Cl)cs2)CCOC1. The van der Waals surface area contributed by atoms with Gasteiger partial charge in [0, 0.05) is 28.8 Å². The lowest BCUT2D eigenvalue weighted by Crippen LogP contribution is -2.37. The molecule has 0 amide bonds. The number of thiophene rings is 1. The van der Waals surface area contributed by atoms with Crippen molar-refractivity contribution in [3.63, 3.8) is 0 Å². The third-order valence-corrected chi connectivity index (χ3v) is 4.31. The molecule has 0 aromatic carbocycles. The summed E-state index contributed by atoms with van der Waals surface area (Å²) in [7, 11) is 0. The van der Waals surface area contributed by atoms with Crippen LogP contribution in [0.2, 0.25) is 5.02 Å². The van der Waals surface area contributed by atoms with Crippen molar-refractivity contribution in [1.82, 2.24) is 0 Å². The molecule has 0 spiro atoms. The highest BCUT2D eigenvalue weighted by molar-refractivity contribution is 7.10. The summed E-state index contributed by atoms with van der Waals surface area (Å²) in [6.45, 7) is 1.64. The number of halogens is 1. The average Bonchev–Trinajstić information content (AvgIpc) is 2.86. The predicted molar refractivity (Wildman–Crippen MR) is 61.2 cm³/mol. The number of hydrogen-bond donors (Lipinski definition) is 2. The van der Waals surface area contributed by atoms with Gasteiger partial charge in [-0.15, -0.1) is 11.3 Å². The molecule has 0 saturated carbocycles. The van der Waals surface area contributed by atoms with Crippen LogP contribution in [0, 0.1) is 5.41 Å². The Bertz CT molecular complexity index is 336. The number of nitrogens with two attached hydrogens (primary N) is 1. The number of aliphatic hydroxyl groups excluding tert-OH is 1. The summed E-state index contributed by atoms with van der Waals surface area (Å²) in [5, 5.41) is 12.8. The maximum atomic E-state index is 10.3. The molecular formula is C10H14ClNO2S. The standard InChI is InChI=1S/C10H14ClNO2S/c11-7-3-8(15-4-7)9(13)10(5-12)1-2-14-6-10/h3-4,9,13H,1-2,5-6,12H2. The number of rotatable bonds is 3. The smallest absolute Gasteiger partial charge is 0.0973 e. The molecule has 0 radical (unpaired) electrons. The lowest BCUT2D eigenvalue weighted by Gasteiger charge is -2.30. The van der Waals surface area contributed by atoms with E-state index in [1.807, 2.05) is 5.38 Å². The molecule has 5 heteroatoms. The van der Waals surface area contributed by atoms with Crippen LogP contribution in [0.25, 0.3) is 0 Å². The Balaban J connectivity index is 2.21. The Kier molecular flexibility index (Phi) is 3.33. The van der Waals surface area contributed by atoms with Gasteiger partial charge in [-0.3, -0.25) is 0 Å². The van der Waals surface area contributed by atoms with Crippen LogP contribution < -0.4 is 5.73 Å². The maximum absolute atomic E-state index is 10.3. The Morgan fingerprint density at radius 3 is 3.00 bits per heavy atom. The monoisotopic (exact) mass is 247 g/mol. The molecule has 3 N–H and O–H groups in total. The minimum absolute atomic E-state index is 0.325. The molecule has 1 saturated heterocycles. The Morgan fingerprint density at radius 2 is 2.53 bits per heavy atom. The van der Waals surface area contributed by atoms with Crippen LogP contribution in [0.4, 0.5) is 0 Å². The zero-order valence-corrected chi connectivity index (χ0v) is 9.85. The summed E-state index contributed by atoms with van der Waals surface area (Å²) >= 11 is 7.30. The van der Waals surface area contributed by atoms with Crippen LogP contribution in [0.3, 0.4) is 0 Å². The minimum Gasteiger partial charge on any atom is -0.387 e. The van der Waals surface area contributed by atoms with Crippen molar-refractivity contribution in [2.75, 3.05) is 19.8 Å². The quantitative estimate of drug-likeness (QED) is 0.857.